The Kier molecular flexibility index (Phi) is 10.5. The van der Waals surface area contributed by atoms with Gasteiger partial charge in [0.25, 0.3) is 0 Å². The molecule has 0 aromatic heterocycles. The highest BCUT2D eigenvalue weighted by Crippen LogP contribution is 2.35. The van der Waals surface area contributed by atoms with E-state index in [0.717, 1.165) is 49.0 Å². The van der Waals surface area contributed by atoms with E-state index in [1.54, 1.807) is 14.2 Å². The monoisotopic (exact) mass is 570 g/mol. The van der Waals surface area contributed by atoms with Crippen molar-refractivity contribution in [2.75, 3.05) is 14.2 Å². The lowest BCUT2D eigenvalue weighted by molar-refractivity contribution is 0.352. The Bertz CT molecular complexity index is 881. The van der Waals surface area contributed by atoms with Gasteiger partial charge in [-0.3, -0.25) is 0 Å². The van der Waals surface area contributed by atoms with E-state index in [4.69, 9.17) is 42.0 Å². The first-order chi connectivity index (χ1) is 14.4. The lowest BCUT2D eigenvalue weighted by atomic mass is 10.1. The molecule has 0 saturated heterocycles. The zero-order valence-electron chi connectivity index (χ0n) is 19.9. The SMILES string of the molecule is C#CO[SiH](OC#C)[Si](CCc1cc(C)c(OC)c(OC)c1)([Si]([SiH3])([SiH3])[SiH3])[Si]([SiH3])([SiH3])OC#C. The van der Waals surface area contributed by atoms with Crippen LogP contribution in [0.15, 0.2) is 12.1 Å². The van der Waals surface area contributed by atoms with Crippen LogP contribution >= 0.6 is 0 Å². The number of aryl methyl sites for hydroxylation is 2. The molecule has 0 fully saturated rings. The van der Waals surface area contributed by atoms with E-state index in [1.165, 1.54) is 34.8 Å². The Morgan fingerprint density at radius 2 is 1.52 bits per heavy atom. The lowest BCUT2D eigenvalue weighted by Gasteiger charge is -2.50. The van der Waals surface area contributed by atoms with Gasteiger partial charge in [0.05, 0.1) is 32.5 Å². The van der Waals surface area contributed by atoms with Crippen molar-refractivity contribution in [2.45, 2.75) is 19.4 Å². The molecule has 31 heavy (non-hydrogen) atoms. The number of terminal acetylenes is 3. The fourth-order valence-corrected chi connectivity index (χ4v) is 274. The van der Waals surface area contributed by atoms with Crippen molar-refractivity contribution in [3.05, 3.63) is 23.3 Å². The zero-order valence-corrected chi connectivity index (χ0v) is 34.1. The second-order valence-corrected chi connectivity index (χ2v) is 116. The predicted molar refractivity (Wildman–Crippen MR) is 157 cm³/mol. The van der Waals surface area contributed by atoms with Crippen LogP contribution in [0, 0.1) is 44.5 Å². The van der Waals surface area contributed by atoms with Gasteiger partial charge in [-0.2, -0.15) is 0 Å². The molecule has 0 spiro atoms. The van der Waals surface area contributed by atoms with Gasteiger partial charge in [0.15, 0.2) is 18.1 Å². The second kappa shape index (κ2) is 11.6. The molecule has 1 aromatic carbocycles. The Morgan fingerprint density at radius 1 is 0.935 bits per heavy atom. The van der Waals surface area contributed by atoms with Gasteiger partial charge >= 0.3 is 8.80 Å². The van der Waals surface area contributed by atoms with Crippen LogP contribution in [0.2, 0.25) is 6.04 Å². The molecule has 168 valence electrons. The molecule has 0 aliphatic heterocycles. The van der Waals surface area contributed by atoms with Gasteiger partial charge < -0.3 is 22.8 Å². The minimum absolute atomic E-state index is 0.754. The van der Waals surface area contributed by atoms with E-state index in [9.17, 15) is 0 Å². The summed E-state index contributed by atoms with van der Waals surface area (Å²) in [5, 5.41) is 0. The smallest absolute Gasteiger partial charge is 0.432 e. The third kappa shape index (κ3) is 6.01. The maximum Gasteiger partial charge on any atom is 0.432 e. The molecule has 0 radical (unpaired) electrons. The highest BCUT2D eigenvalue weighted by molar-refractivity contribution is 8.11. The Balaban J connectivity index is 3.62. The van der Waals surface area contributed by atoms with E-state index < -0.39 is 28.4 Å². The second-order valence-electron chi connectivity index (χ2n) is 8.90. The Hall–Kier alpha value is -1.15. The molecular formula is C17H34O5Si9. The van der Waals surface area contributed by atoms with Crippen LogP contribution in [0.3, 0.4) is 0 Å². The van der Waals surface area contributed by atoms with Crippen LogP contribution in [-0.2, 0) is 19.7 Å². The molecule has 0 saturated carbocycles. The van der Waals surface area contributed by atoms with E-state index in [0.29, 0.717) is 0 Å². The van der Waals surface area contributed by atoms with Crippen molar-refractivity contribution in [1.82, 2.24) is 0 Å². The Morgan fingerprint density at radius 3 is 1.94 bits per heavy atom. The third-order valence-corrected chi connectivity index (χ3v) is 155. The minimum atomic E-state index is -2.27. The number of methoxy groups -OCH3 is 2. The van der Waals surface area contributed by atoms with Crippen LogP contribution in [0.5, 0.6) is 11.5 Å². The molecule has 0 bridgehead atoms. The van der Waals surface area contributed by atoms with Crippen molar-refractivity contribution < 1.29 is 22.8 Å². The van der Waals surface area contributed by atoms with Crippen molar-refractivity contribution in [2.24, 2.45) is 0 Å². The molecule has 14 heteroatoms. The van der Waals surface area contributed by atoms with Gasteiger partial charge in [0.1, 0.15) is 0 Å². The quantitative estimate of drug-likeness (QED) is 0.197. The molecule has 1 aromatic rings. The van der Waals surface area contributed by atoms with Gasteiger partial charge in [-0.15, -0.1) is 0 Å². The van der Waals surface area contributed by atoms with E-state index in [2.05, 4.69) is 30.5 Å². The van der Waals surface area contributed by atoms with Crippen molar-refractivity contribution in [1.29, 1.82) is 0 Å². The van der Waals surface area contributed by atoms with Crippen molar-refractivity contribution >= 4 is 77.2 Å². The maximum atomic E-state index is 6.23. The maximum absolute atomic E-state index is 6.23. The molecule has 0 heterocycles. The average Bonchev–Trinajstić information content (AvgIpc) is 2.66. The van der Waals surface area contributed by atoms with Crippen LogP contribution in [0.4, 0.5) is 0 Å². The summed E-state index contributed by atoms with van der Waals surface area (Å²) in [6.45, 7) is -2.12. The van der Waals surface area contributed by atoms with E-state index >= 15 is 0 Å². The van der Waals surface area contributed by atoms with Crippen LogP contribution < -0.4 is 9.47 Å². The Labute approximate surface area is 205 Å². The normalized spacial score (nSPS) is 16.8. The minimum Gasteiger partial charge on any atom is -0.514 e. The van der Waals surface area contributed by atoms with Gasteiger partial charge in [-0.1, -0.05) is 31.4 Å². The van der Waals surface area contributed by atoms with E-state index in [-0.39, 0.29) is 0 Å². The number of hydrogen-bond acceptors (Lipinski definition) is 5. The zero-order chi connectivity index (χ0) is 23.9. The third-order valence-electron chi connectivity index (χ3n) is 6.01. The number of benzene rings is 1. The molecule has 1 unspecified atom stereocenters. The number of hydrogen-bond donors (Lipinski definition) is 0. The van der Waals surface area contributed by atoms with Gasteiger partial charge in [0.2, 0.25) is 6.87 Å². The molecule has 0 amide bonds. The summed E-state index contributed by atoms with van der Waals surface area (Å²) in [5.41, 5.74) is 2.28. The van der Waals surface area contributed by atoms with Crippen LogP contribution in [0.1, 0.15) is 11.1 Å². The summed E-state index contributed by atoms with van der Waals surface area (Å²) in [6, 6.07) is 5.31. The highest BCUT2D eigenvalue weighted by Gasteiger charge is 2.67. The van der Waals surface area contributed by atoms with Gasteiger partial charge in [0, 0.05) is 25.7 Å². The summed E-state index contributed by atoms with van der Waals surface area (Å²) in [7, 11) is 6.63. The van der Waals surface area contributed by atoms with E-state index in [1.807, 2.05) is 6.92 Å². The predicted octanol–water partition coefficient (Wildman–Crippen LogP) is -5.01. The fraction of sp³-hybridized carbons (Fsp3) is 0.294. The van der Waals surface area contributed by atoms with Crippen LogP contribution in [-0.4, -0.2) is 91.5 Å². The topological polar surface area (TPSA) is 46.2 Å². The standard InChI is InChI=1S/C17H34O5Si9/c1-7-20-28(21-8-2)29(31(25,26)27,30(23,24)22-9-3)11-10-15-12-14(4)17(19-6)16(13-15)18-5/h1-3,12-13,28H,10-11H2,4-6,23-27H3. The average molecular weight is 571 g/mol. The summed E-state index contributed by atoms with van der Waals surface area (Å²) in [5.74, 6) is 1.53. The summed E-state index contributed by atoms with van der Waals surface area (Å²) >= 11 is 0. The molecule has 0 aliphatic rings. The molecule has 5 nitrogen and oxygen atoms in total. The largest absolute Gasteiger partial charge is 0.514 e. The summed E-state index contributed by atoms with van der Waals surface area (Å²) < 4.78 is 29.2. The van der Waals surface area contributed by atoms with Gasteiger partial charge in [-0.25, -0.2) is 0 Å². The molecule has 0 aliphatic carbocycles. The van der Waals surface area contributed by atoms with Crippen molar-refractivity contribution in [3.8, 4) is 49.1 Å². The number of rotatable bonds is 11. The lowest BCUT2D eigenvalue weighted by Crippen LogP contribution is -2.88. The summed E-state index contributed by atoms with van der Waals surface area (Å²) in [4.78, 5) is 0. The first-order valence-corrected chi connectivity index (χ1v) is 38.4. The molecule has 0 N–H and O–H groups in total. The first kappa shape index (κ1) is 27.9. The first-order valence-electron chi connectivity index (χ1n) is 10.0. The van der Waals surface area contributed by atoms with Crippen molar-refractivity contribution in [3.63, 3.8) is 0 Å². The summed E-state index contributed by atoms with van der Waals surface area (Å²) in [6.07, 6.45) is 23.9. The van der Waals surface area contributed by atoms with Gasteiger partial charge in [-0.05, 0) is 59.8 Å². The van der Waals surface area contributed by atoms with Crippen LogP contribution in [0.25, 0.3) is 0 Å². The number of ether oxygens (including phenoxy) is 2. The highest BCUT2D eigenvalue weighted by atomic mass is 30.4. The fourth-order valence-electron chi connectivity index (χ4n) is 4.63. The molecule has 1 atom stereocenters. The molecule has 1 rings (SSSR count). The molecular weight excluding hydrogens is 537 g/mol.